The van der Waals surface area contributed by atoms with Crippen LogP contribution in [-0.4, -0.2) is 93.5 Å². The van der Waals surface area contributed by atoms with Crippen molar-refractivity contribution in [2.45, 2.75) is 71.5 Å². The van der Waals surface area contributed by atoms with E-state index in [0.717, 1.165) is 87.2 Å². The summed E-state index contributed by atoms with van der Waals surface area (Å²) in [7, 11) is 1.27. The van der Waals surface area contributed by atoms with Gasteiger partial charge in [-0.05, 0) is 83.7 Å². The molecule has 2 aliphatic rings. The Morgan fingerprint density at radius 1 is 0.812 bits per heavy atom. The quantitative estimate of drug-likeness (QED) is 0.0774. The highest BCUT2D eigenvalue weighted by molar-refractivity contribution is 5.91. The summed E-state index contributed by atoms with van der Waals surface area (Å²) in [6.07, 6.45) is 5.64. The van der Waals surface area contributed by atoms with Crippen LogP contribution in [0.5, 0.6) is 0 Å². The lowest BCUT2D eigenvalue weighted by atomic mass is 9.89. The molecule has 1 aliphatic carbocycles. The summed E-state index contributed by atoms with van der Waals surface area (Å²) in [6.45, 7) is 6.66. The minimum atomic E-state index is -0.807. The van der Waals surface area contributed by atoms with Crippen molar-refractivity contribution in [2.24, 2.45) is 5.92 Å². The van der Waals surface area contributed by atoms with Gasteiger partial charge in [0, 0.05) is 43.3 Å². The summed E-state index contributed by atoms with van der Waals surface area (Å²) in [5.74, 6) is 0.722. The molecule has 6 aromatic rings. The molecule has 3 heterocycles. The highest BCUT2D eigenvalue weighted by atomic mass is 16.5. The monoisotopic (exact) mass is 864 g/mol. The maximum Gasteiger partial charge on any atom is 0.407 e. The van der Waals surface area contributed by atoms with Crippen molar-refractivity contribution in [2.75, 3.05) is 40.0 Å². The number of carbonyl (C=O) groups excluding carboxylic acids is 4. The molecule has 14 heteroatoms. The smallest absolute Gasteiger partial charge is 0.407 e. The highest BCUT2D eigenvalue weighted by Crippen LogP contribution is 2.36. The molecule has 0 spiro atoms. The van der Waals surface area contributed by atoms with Crippen LogP contribution in [-0.2, 0) is 49.8 Å². The van der Waals surface area contributed by atoms with Gasteiger partial charge in [-0.1, -0.05) is 86.6 Å². The predicted octanol–water partition coefficient (Wildman–Crippen LogP) is 7.50. The topological polar surface area (TPSA) is 175 Å². The van der Waals surface area contributed by atoms with Gasteiger partial charge in [-0.3, -0.25) is 14.4 Å². The van der Waals surface area contributed by atoms with Crippen LogP contribution in [0.2, 0.25) is 0 Å². The minimum absolute atomic E-state index is 0.117. The molecule has 1 fully saturated rings. The van der Waals surface area contributed by atoms with Gasteiger partial charge < -0.3 is 39.9 Å². The summed E-state index contributed by atoms with van der Waals surface area (Å²) in [5.41, 5.74) is 9.18. The number of amides is 4. The Bertz CT molecular complexity index is 2620. The summed E-state index contributed by atoms with van der Waals surface area (Å²) in [6, 6.07) is 28.1. The molecule has 4 N–H and O–H groups in total. The number of aromatic amines is 2. The fraction of sp³-hybridized carbons (Fsp3) is 0.360. The average Bonchev–Trinajstić information content (AvgIpc) is 3.99. The summed E-state index contributed by atoms with van der Waals surface area (Å²) in [4.78, 5) is 72.1. The van der Waals surface area contributed by atoms with Gasteiger partial charge in [0.25, 0.3) is 0 Å². The maximum absolute atomic E-state index is 14.3. The number of methoxy groups -OCH3 is 1. The second-order valence-electron chi connectivity index (χ2n) is 16.6. The van der Waals surface area contributed by atoms with E-state index in [1.807, 2.05) is 50.4 Å². The van der Waals surface area contributed by atoms with Gasteiger partial charge in [-0.2, -0.15) is 0 Å². The van der Waals surface area contributed by atoms with Crippen molar-refractivity contribution < 1.29 is 28.7 Å². The zero-order valence-electron chi connectivity index (χ0n) is 36.7. The second-order valence-corrected chi connectivity index (χ2v) is 16.6. The normalized spacial score (nSPS) is 14.0. The minimum Gasteiger partial charge on any atom is -0.453 e. The van der Waals surface area contributed by atoms with Crippen LogP contribution in [0.4, 0.5) is 4.79 Å². The fourth-order valence-electron chi connectivity index (χ4n) is 8.73. The van der Waals surface area contributed by atoms with Gasteiger partial charge in [0.05, 0.1) is 43.5 Å². The van der Waals surface area contributed by atoms with Gasteiger partial charge in [-0.25, -0.2) is 14.8 Å². The Kier molecular flexibility index (Phi) is 13.8. The van der Waals surface area contributed by atoms with Crippen molar-refractivity contribution in [1.29, 1.82) is 0 Å². The number of imidazole rings is 2. The Labute approximate surface area is 373 Å². The number of fused-ring (bicyclic) bond motifs is 4. The van der Waals surface area contributed by atoms with Crippen molar-refractivity contribution >= 4 is 34.6 Å². The molecule has 2 aromatic heterocycles. The molecule has 332 valence electrons. The molecule has 0 saturated carbocycles. The van der Waals surface area contributed by atoms with Crippen LogP contribution in [0.25, 0.3) is 44.4 Å². The van der Waals surface area contributed by atoms with Gasteiger partial charge in [0.1, 0.15) is 24.2 Å². The van der Waals surface area contributed by atoms with E-state index in [1.54, 1.807) is 9.80 Å². The number of nitrogens with one attached hydrogen (secondary N) is 4. The van der Waals surface area contributed by atoms with E-state index in [-0.39, 0.29) is 36.7 Å². The predicted molar refractivity (Wildman–Crippen MR) is 245 cm³/mol. The lowest BCUT2D eigenvalue weighted by Crippen LogP contribution is -2.45. The van der Waals surface area contributed by atoms with Gasteiger partial charge >= 0.3 is 6.09 Å². The first kappa shape index (κ1) is 43.8. The molecule has 4 aromatic carbocycles. The largest absolute Gasteiger partial charge is 0.453 e. The van der Waals surface area contributed by atoms with E-state index in [4.69, 9.17) is 14.7 Å². The third kappa shape index (κ3) is 10.0. The van der Waals surface area contributed by atoms with E-state index in [2.05, 4.69) is 79.9 Å². The van der Waals surface area contributed by atoms with E-state index in [1.165, 1.54) is 12.7 Å². The number of hydrogen-bond acceptors (Lipinski definition) is 8. The molecule has 1 atom stereocenters. The van der Waals surface area contributed by atoms with Crippen LogP contribution < -0.4 is 10.6 Å². The number of benzene rings is 4. The van der Waals surface area contributed by atoms with E-state index in [9.17, 15) is 19.2 Å². The first-order chi connectivity index (χ1) is 31.2. The standard InChI is InChI=1S/C50H56N8O6/c1-4-21-57(45(59)29-52-50(62)63-3)31-44-53-41-18-16-38-26-37(15-17-40(38)47(41)55-44)34-11-12-36-27-39(14-13-35(36)25-34)42-28-51-43(54-42)30-58(22-5-2)49(61)46(32-9-7-6-8-10-32)56-48(60)33-19-23-64-24-20-33/h6-15,17,25-28,33,46H,4-5,16,18-24,29-31H2,1-3H3,(H,51,54)(H,52,62)(H,53,55)(H,56,60)/t46-/m1/s1. The van der Waals surface area contributed by atoms with Crippen LogP contribution >= 0.6 is 0 Å². The average molecular weight is 865 g/mol. The molecule has 0 radical (unpaired) electrons. The third-order valence-corrected chi connectivity index (χ3v) is 12.1. The lowest BCUT2D eigenvalue weighted by molar-refractivity contribution is -0.139. The molecule has 4 amide bonds. The Morgan fingerprint density at radius 3 is 2.25 bits per heavy atom. The molecular weight excluding hydrogens is 809 g/mol. The molecule has 0 unspecified atom stereocenters. The SMILES string of the molecule is CCCN(Cc1nc2c([nH]1)-c1ccc(-c3ccc4cc(-c5cnc(CN(CCC)C(=O)[C@H](NC(=O)C6CCOCC6)c6ccccc6)[nH]5)ccc4c3)cc1CC2)C(=O)CNC(=O)OC. The lowest BCUT2D eigenvalue weighted by Gasteiger charge is -2.29. The fourth-order valence-corrected chi connectivity index (χ4v) is 8.73. The van der Waals surface area contributed by atoms with Gasteiger partial charge in [0.15, 0.2) is 0 Å². The van der Waals surface area contributed by atoms with E-state index >= 15 is 0 Å². The number of alkyl carbamates (subject to hydrolysis) is 1. The van der Waals surface area contributed by atoms with Crippen molar-refractivity contribution in [3.8, 4) is 33.6 Å². The van der Waals surface area contributed by atoms with Crippen LogP contribution in [0.15, 0.2) is 91.1 Å². The van der Waals surface area contributed by atoms with Crippen LogP contribution in [0.1, 0.15) is 74.0 Å². The number of hydrogen-bond donors (Lipinski definition) is 4. The Morgan fingerprint density at radius 2 is 1.50 bits per heavy atom. The Hall–Kier alpha value is -6.80. The first-order valence-corrected chi connectivity index (χ1v) is 22.3. The highest BCUT2D eigenvalue weighted by Gasteiger charge is 2.31. The zero-order valence-corrected chi connectivity index (χ0v) is 36.7. The second kappa shape index (κ2) is 20.1. The number of aryl methyl sites for hydroxylation is 2. The summed E-state index contributed by atoms with van der Waals surface area (Å²) in [5, 5.41) is 7.77. The number of H-pyrrole nitrogens is 2. The van der Waals surface area contributed by atoms with Gasteiger partial charge in [-0.15, -0.1) is 0 Å². The van der Waals surface area contributed by atoms with Crippen LogP contribution in [0, 0.1) is 5.92 Å². The summed E-state index contributed by atoms with van der Waals surface area (Å²) < 4.78 is 10.1. The molecule has 1 saturated heterocycles. The number of nitrogens with zero attached hydrogens (tertiary/aromatic N) is 4. The number of aromatic nitrogens is 4. The molecule has 1 aliphatic heterocycles. The van der Waals surface area contributed by atoms with E-state index < -0.39 is 12.1 Å². The Balaban J connectivity index is 0.948. The molecule has 64 heavy (non-hydrogen) atoms. The number of rotatable bonds is 16. The van der Waals surface area contributed by atoms with Crippen molar-refractivity contribution in [3.05, 3.63) is 120 Å². The van der Waals surface area contributed by atoms with Gasteiger partial charge in [0.2, 0.25) is 17.7 Å². The molecule has 8 rings (SSSR count). The maximum atomic E-state index is 14.3. The summed E-state index contributed by atoms with van der Waals surface area (Å²) >= 11 is 0. The molecular formula is C50H56N8O6. The third-order valence-electron chi connectivity index (χ3n) is 12.1. The first-order valence-electron chi connectivity index (χ1n) is 22.3. The number of ether oxygens (including phenoxy) is 2. The molecule has 0 bridgehead atoms. The van der Waals surface area contributed by atoms with Crippen molar-refractivity contribution in [3.63, 3.8) is 0 Å². The number of carbonyl (C=O) groups is 4. The van der Waals surface area contributed by atoms with E-state index in [0.29, 0.717) is 51.5 Å². The molecule has 14 nitrogen and oxygen atoms in total. The van der Waals surface area contributed by atoms with Crippen LogP contribution in [0.3, 0.4) is 0 Å². The zero-order chi connectivity index (χ0) is 44.6. The van der Waals surface area contributed by atoms with Crippen molar-refractivity contribution in [1.82, 2.24) is 40.4 Å².